The molecule has 0 fully saturated rings. The van der Waals surface area contributed by atoms with Crippen LogP contribution in [0.1, 0.15) is 26.7 Å². The fourth-order valence-electron chi connectivity index (χ4n) is 0.667. The fourth-order valence-corrected chi connectivity index (χ4v) is 1.43. The molecule has 0 bridgehead atoms. The zero-order chi connectivity index (χ0) is 15.3. The quantitative estimate of drug-likeness (QED) is 0.350. The molecular formula is C10H19O8P. The third-order valence-corrected chi connectivity index (χ3v) is 2.51. The number of phosphoric acid groups is 1. The van der Waals surface area contributed by atoms with Crippen LogP contribution in [0.5, 0.6) is 0 Å². The maximum absolute atomic E-state index is 10.8. The van der Waals surface area contributed by atoms with Crippen molar-refractivity contribution in [2.24, 2.45) is 0 Å². The highest BCUT2D eigenvalue weighted by atomic mass is 31.2. The minimum Gasteiger partial charge on any atom is -0.478 e. The molecule has 8 nitrogen and oxygen atoms in total. The second-order valence-corrected chi connectivity index (χ2v) is 4.54. The van der Waals surface area contributed by atoms with Crippen molar-refractivity contribution in [3.8, 4) is 0 Å². The molecule has 0 aromatic carbocycles. The molecule has 3 N–H and O–H groups in total. The number of unbranched alkanes of at least 4 members (excludes halogenated alkanes) is 1. The Morgan fingerprint density at radius 1 is 1.11 bits per heavy atom. The Kier molecular flexibility index (Phi) is 12.6. The van der Waals surface area contributed by atoms with Crippen LogP contribution < -0.4 is 0 Å². The van der Waals surface area contributed by atoms with E-state index in [9.17, 15) is 14.2 Å². The van der Waals surface area contributed by atoms with E-state index in [1.54, 1.807) is 6.92 Å². The zero-order valence-electron chi connectivity index (χ0n) is 10.8. The molecule has 0 aliphatic heterocycles. The highest BCUT2D eigenvalue weighted by Crippen LogP contribution is 2.42. The first-order chi connectivity index (χ1) is 8.75. The third-order valence-electron chi connectivity index (χ3n) is 1.41. The second kappa shape index (κ2) is 11.9. The number of carboxylic acids is 2. The maximum atomic E-state index is 10.8. The van der Waals surface area contributed by atoms with Crippen molar-refractivity contribution in [2.75, 3.05) is 13.2 Å². The largest absolute Gasteiger partial charge is 0.478 e. The fraction of sp³-hybridized carbons (Fsp3) is 0.600. The molecule has 0 spiro atoms. The van der Waals surface area contributed by atoms with Gasteiger partial charge in [0.15, 0.2) is 0 Å². The van der Waals surface area contributed by atoms with Crippen molar-refractivity contribution in [3.63, 3.8) is 0 Å². The van der Waals surface area contributed by atoms with Crippen molar-refractivity contribution in [1.29, 1.82) is 0 Å². The van der Waals surface area contributed by atoms with Gasteiger partial charge in [0.1, 0.15) is 0 Å². The van der Waals surface area contributed by atoms with E-state index in [1.807, 2.05) is 6.92 Å². The van der Waals surface area contributed by atoms with Gasteiger partial charge in [-0.1, -0.05) is 13.3 Å². The topological polar surface area (TPSA) is 130 Å². The summed E-state index contributed by atoms with van der Waals surface area (Å²) in [6.07, 6.45) is 2.83. The Bertz CT molecular complexity index is 322. The summed E-state index contributed by atoms with van der Waals surface area (Å²) in [5.74, 6) is -2.51. The lowest BCUT2D eigenvalue weighted by atomic mass is 10.4. The SMILES string of the molecule is CCCCOP(=O)(O)OCC.O=C(O)C=CC(=O)O. The zero-order valence-corrected chi connectivity index (χ0v) is 11.7. The van der Waals surface area contributed by atoms with Crippen LogP contribution in [0.3, 0.4) is 0 Å². The molecule has 0 aromatic rings. The molecule has 0 heterocycles. The molecule has 112 valence electrons. The predicted molar refractivity (Wildman–Crippen MR) is 66.7 cm³/mol. The molecule has 0 rings (SSSR count). The standard InChI is InChI=1S/C6H15O4P.C4H4O4/c1-3-5-6-10-11(7,8)9-4-2;5-3(6)1-2-4(7)8/h3-6H2,1-2H3,(H,7,8);1-2H,(H,5,6)(H,7,8). The summed E-state index contributed by atoms with van der Waals surface area (Å²) in [5.41, 5.74) is 0. The number of phosphoric ester groups is 1. The number of aliphatic carboxylic acids is 2. The van der Waals surface area contributed by atoms with Crippen molar-refractivity contribution < 1.29 is 38.3 Å². The van der Waals surface area contributed by atoms with E-state index in [0.717, 1.165) is 12.8 Å². The van der Waals surface area contributed by atoms with Gasteiger partial charge >= 0.3 is 19.8 Å². The number of carboxylic acid groups (broad SMARTS) is 2. The van der Waals surface area contributed by atoms with Gasteiger partial charge in [0.25, 0.3) is 0 Å². The van der Waals surface area contributed by atoms with Crippen LogP contribution in [-0.4, -0.2) is 40.3 Å². The Labute approximate surface area is 111 Å². The van der Waals surface area contributed by atoms with E-state index in [-0.39, 0.29) is 13.2 Å². The first-order valence-corrected chi connectivity index (χ1v) is 7.00. The van der Waals surface area contributed by atoms with Gasteiger partial charge in [-0.05, 0) is 13.3 Å². The Morgan fingerprint density at radius 2 is 1.58 bits per heavy atom. The van der Waals surface area contributed by atoms with Gasteiger partial charge in [-0.15, -0.1) is 0 Å². The summed E-state index contributed by atoms with van der Waals surface area (Å²) in [6.45, 7) is 4.10. The summed E-state index contributed by atoms with van der Waals surface area (Å²) < 4.78 is 19.9. The lowest BCUT2D eigenvalue weighted by Crippen LogP contribution is -1.96. The first kappa shape index (κ1) is 20.1. The van der Waals surface area contributed by atoms with Gasteiger partial charge in [0.2, 0.25) is 0 Å². The summed E-state index contributed by atoms with van der Waals surface area (Å²) in [4.78, 5) is 28.0. The first-order valence-electron chi connectivity index (χ1n) is 5.51. The normalized spacial score (nSPS) is 13.4. The maximum Gasteiger partial charge on any atom is 0.472 e. The Morgan fingerprint density at radius 3 is 1.89 bits per heavy atom. The minimum atomic E-state index is -3.72. The molecule has 1 atom stereocenters. The third kappa shape index (κ3) is 19.3. The van der Waals surface area contributed by atoms with Crippen molar-refractivity contribution in [3.05, 3.63) is 12.2 Å². The van der Waals surface area contributed by atoms with Gasteiger partial charge in [-0.3, -0.25) is 9.05 Å². The van der Waals surface area contributed by atoms with Crippen LogP contribution in [0.2, 0.25) is 0 Å². The van der Waals surface area contributed by atoms with Gasteiger partial charge < -0.3 is 15.1 Å². The monoisotopic (exact) mass is 298 g/mol. The van der Waals surface area contributed by atoms with Gasteiger partial charge in [0, 0.05) is 12.2 Å². The average molecular weight is 298 g/mol. The Balaban J connectivity index is 0. The van der Waals surface area contributed by atoms with E-state index in [2.05, 4.69) is 9.05 Å². The number of rotatable bonds is 8. The smallest absolute Gasteiger partial charge is 0.472 e. The molecule has 0 saturated heterocycles. The van der Waals surface area contributed by atoms with E-state index in [4.69, 9.17) is 15.1 Å². The van der Waals surface area contributed by atoms with E-state index >= 15 is 0 Å². The summed E-state index contributed by atoms with van der Waals surface area (Å²) in [5, 5.41) is 15.6. The molecule has 0 saturated carbocycles. The van der Waals surface area contributed by atoms with Crippen LogP contribution in [0.15, 0.2) is 12.2 Å². The molecule has 0 aromatic heterocycles. The van der Waals surface area contributed by atoms with Crippen LogP contribution in [-0.2, 0) is 23.2 Å². The van der Waals surface area contributed by atoms with Gasteiger partial charge in [0.05, 0.1) is 13.2 Å². The molecule has 19 heavy (non-hydrogen) atoms. The summed E-state index contributed by atoms with van der Waals surface area (Å²) >= 11 is 0. The highest BCUT2D eigenvalue weighted by Gasteiger charge is 2.18. The number of hydrogen-bond donors (Lipinski definition) is 3. The molecule has 1 unspecified atom stereocenters. The highest BCUT2D eigenvalue weighted by molar-refractivity contribution is 7.47. The van der Waals surface area contributed by atoms with E-state index in [0.29, 0.717) is 12.2 Å². The van der Waals surface area contributed by atoms with Crippen LogP contribution in [0.4, 0.5) is 0 Å². The van der Waals surface area contributed by atoms with Crippen molar-refractivity contribution >= 4 is 19.8 Å². The van der Waals surface area contributed by atoms with Crippen LogP contribution in [0.25, 0.3) is 0 Å². The summed E-state index contributed by atoms with van der Waals surface area (Å²) in [6, 6.07) is 0. The summed E-state index contributed by atoms with van der Waals surface area (Å²) in [7, 11) is -3.72. The molecule has 0 aliphatic rings. The molecule has 0 amide bonds. The molecule has 9 heteroatoms. The number of hydrogen-bond acceptors (Lipinski definition) is 5. The molecular weight excluding hydrogens is 279 g/mol. The van der Waals surface area contributed by atoms with E-state index < -0.39 is 19.8 Å². The molecule has 0 radical (unpaired) electrons. The number of carbonyl (C=O) groups is 2. The minimum absolute atomic E-state index is 0.194. The van der Waals surface area contributed by atoms with Crippen LogP contribution >= 0.6 is 7.82 Å². The van der Waals surface area contributed by atoms with E-state index in [1.165, 1.54) is 0 Å². The average Bonchev–Trinajstić information content (AvgIpc) is 2.27. The Hall–Kier alpha value is -1.21. The molecule has 0 aliphatic carbocycles. The van der Waals surface area contributed by atoms with Gasteiger partial charge in [-0.25, -0.2) is 14.2 Å². The lowest BCUT2D eigenvalue weighted by Gasteiger charge is -2.09. The lowest BCUT2D eigenvalue weighted by molar-refractivity contribution is -0.134. The second-order valence-electron chi connectivity index (χ2n) is 3.08. The van der Waals surface area contributed by atoms with Crippen LogP contribution in [0, 0.1) is 0 Å². The predicted octanol–water partition coefficient (Wildman–Crippen LogP) is 1.65. The van der Waals surface area contributed by atoms with Crippen molar-refractivity contribution in [1.82, 2.24) is 0 Å². The van der Waals surface area contributed by atoms with Crippen molar-refractivity contribution in [2.45, 2.75) is 26.7 Å². The van der Waals surface area contributed by atoms with Gasteiger partial charge in [-0.2, -0.15) is 0 Å².